The number of fused-ring (bicyclic) bond motifs is 1. The summed E-state index contributed by atoms with van der Waals surface area (Å²) in [5.41, 5.74) is 9.73. The number of para-hydroxylation sites is 3. The smallest absolute Gasteiger partial charge is 0.258 e. The van der Waals surface area contributed by atoms with Crippen LogP contribution in [0.25, 0.3) is 10.9 Å². The second kappa shape index (κ2) is 12.0. The van der Waals surface area contributed by atoms with Crippen LogP contribution in [0.3, 0.4) is 0 Å². The molecule has 2 aromatic heterocycles. The molecule has 5 rings (SSSR count). The lowest BCUT2D eigenvalue weighted by Gasteiger charge is -2.35. The lowest BCUT2D eigenvalue weighted by atomic mass is 9.96. The molecular weight excluding hydrogens is 490 g/mol. The Kier molecular flexibility index (Phi) is 8.05. The summed E-state index contributed by atoms with van der Waals surface area (Å²) < 4.78 is 0. The van der Waals surface area contributed by atoms with Crippen LogP contribution in [0, 0.1) is 5.92 Å². The molecule has 0 spiro atoms. The van der Waals surface area contributed by atoms with Crippen molar-refractivity contribution in [2.45, 2.75) is 32.6 Å². The monoisotopic (exact) mass is 525 g/mol. The number of piperidine rings is 1. The number of benzene rings is 2. The average molecular weight is 526 g/mol. The molecule has 39 heavy (non-hydrogen) atoms. The minimum Gasteiger partial charge on any atom is -0.397 e. The molecule has 1 aliphatic rings. The van der Waals surface area contributed by atoms with Gasteiger partial charge in [-0.05, 0) is 48.9 Å². The maximum absolute atomic E-state index is 12.8. The van der Waals surface area contributed by atoms with Gasteiger partial charge >= 0.3 is 0 Å². The first kappa shape index (κ1) is 26.2. The normalized spacial score (nSPS) is 13.9. The molecule has 0 aliphatic carbocycles. The van der Waals surface area contributed by atoms with E-state index in [1.807, 2.05) is 30.0 Å². The number of carbonyl (C=O) groups is 2. The van der Waals surface area contributed by atoms with E-state index in [4.69, 9.17) is 5.73 Å². The Labute approximate surface area is 228 Å². The number of hydrogen-bond donors (Lipinski definition) is 3. The SMILES string of the molecule is CCC(=O)N(CCc1c[nH]c2ccccc12)CC1CCN(c2ncc(C(=O)Nc3ccccc3N)cn2)CC1. The molecule has 0 radical (unpaired) electrons. The second-order valence-electron chi connectivity index (χ2n) is 10.0. The number of nitrogens with one attached hydrogen (secondary N) is 2. The first-order valence-electron chi connectivity index (χ1n) is 13.6. The number of anilines is 3. The maximum atomic E-state index is 12.8. The fraction of sp³-hybridized carbons (Fsp3) is 0.333. The molecule has 0 bridgehead atoms. The molecule has 9 heteroatoms. The molecule has 9 nitrogen and oxygen atoms in total. The minimum atomic E-state index is -0.300. The summed E-state index contributed by atoms with van der Waals surface area (Å²) in [6.07, 6.45) is 8.42. The third kappa shape index (κ3) is 6.19. The Morgan fingerprint density at radius 2 is 1.79 bits per heavy atom. The number of amides is 2. The first-order chi connectivity index (χ1) is 19.0. The molecule has 3 heterocycles. The molecule has 0 atom stereocenters. The van der Waals surface area contributed by atoms with E-state index in [2.05, 4.69) is 49.6 Å². The maximum Gasteiger partial charge on any atom is 0.258 e. The van der Waals surface area contributed by atoms with Gasteiger partial charge in [-0.1, -0.05) is 37.3 Å². The Balaban J connectivity index is 1.14. The van der Waals surface area contributed by atoms with E-state index < -0.39 is 0 Å². The molecule has 0 unspecified atom stereocenters. The molecule has 0 saturated carbocycles. The summed E-state index contributed by atoms with van der Waals surface area (Å²) in [6.45, 7) is 5.04. The van der Waals surface area contributed by atoms with E-state index in [-0.39, 0.29) is 11.8 Å². The topological polar surface area (TPSA) is 120 Å². The molecule has 4 N–H and O–H groups in total. The van der Waals surface area contributed by atoms with E-state index in [1.54, 1.807) is 24.5 Å². The van der Waals surface area contributed by atoms with Crippen LogP contribution in [-0.2, 0) is 11.2 Å². The van der Waals surface area contributed by atoms with Gasteiger partial charge in [0, 0.05) is 62.1 Å². The van der Waals surface area contributed by atoms with Gasteiger partial charge in [-0.2, -0.15) is 0 Å². The number of aromatic amines is 1. The van der Waals surface area contributed by atoms with Gasteiger partial charge in [-0.3, -0.25) is 9.59 Å². The van der Waals surface area contributed by atoms with Crippen molar-refractivity contribution in [1.82, 2.24) is 19.9 Å². The summed E-state index contributed by atoms with van der Waals surface area (Å²) >= 11 is 0. The van der Waals surface area contributed by atoms with Crippen LogP contribution in [0.15, 0.2) is 67.1 Å². The fourth-order valence-electron chi connectivity index (χ4n) is 5.17. The molecule has 202 valence electrons. The number of H-pyrrole nitrogens is 1. The predicted octanol–water partition coefficient (Wildman–Crippen LogP) is 4.49. The van der Waals surface area contributed by atoms with E-state index in [9.17, 15) is 9.59 Å². The number of nitrogens with two attached hydrogens (primary N) is 1. The third-order valence-electron chi connectivity index (χ3n) is 7.47. The first-order valence-corrected chi connectivity index (χ1v) is 13.6. The predicted molar refractivity (Wildman–Crippen MR) is 155 cm³/mol. The quantitative estimate of drug-likeness (QED) is 0.277. The lowest BCUT2D eigenvalue weighted by Crippen LogP contribution is -2.42. The van der Waals surface area contributed by atoms with Gasteiger partial charge in [0.05, 0.1) is 16.9 Å². The average Bonchev–Trinajstić information content (AvgIpc) is 3.39. The largest absolute Gasteiger partial charge is 0.397 e. The summed E-state index contributed by atoms with van der Waals surface area (Å²) in [4.78, 5) is 41.8. The van der Waals surface area contributed by atoms with E-state index in [0.717, 1.165) is 51.0 Å². The molecule has 1 fully saturated rings. The number of hydrogen-bond acceptors (Lipinski definition) is 6. The molecule has 4 aromatic rings. The molecular formula is C30H35N7O2. The van der Waals surface area contributed by atoms with Gasteiger partial charge in [0.2, 0.25) is 11.9 Å². The number of rotatable bonds is 9. The van der Waals surface area contributed by atoms with Crippen LogP contribution in [0.2, 0.25) is 0 Å². The van der Waals surface area contributed by atoms with Gasteiger partial charge < -0.3 is 25.8 Å². The van der Waals surface area contributed by atoms with Gasteiger partial charge in [0.1, 0.15) is 0 Å². The van der Waals surface area contributed by atoms with Crippen molar-refractivity contribution in [3.63, 3.8) is 0 Å². The Hall–Kier alpha value is -4.40. The highest BCUT2D eigenvalue weighted by Crippen LogP contribution is 2.24. The Morgan fingerprint density at radius 1 is 1.08 bits per heavy atom. The molecule has 1 aliphatic heterocycles. The minimum absolute atomic E-state index is 0.201. The summed E-state index contributed by atoms with van der Waals surface area (Å²) in [5, 5.41) is 4.02. The zero-order valence-corrected chi connectivity index (χ0v) is 22.3. The highest BCUT2D eigenvalue weighted by Gasteiger charge is 2.25. The van der Waals surface area contributed by atoms with Crippen molar-refractivity contribution in [2.75, 3.05) is 42.1 Å². The van der Waals surface area contributed by atoms with Crippen LogP contribution >= 0.6 is 0 Å². The second-order valence-corrected chi connectivity index (χ2v) is 10.0. The zero-order chi connectivity index (χ0) is 27.2. The standard InChI is InChI=1S/C30H35N7O2/c1-2-28(38)37(16-13-22-17-32-26-9-5-3-7-24(22)26)20-21-11-14-36(15-12-21)30-33-18-23(19-34-30)29(39)35-27-10-6-4-8-25(27)31/h3-10,17-19,21,32H,2,11-16,20,31H2,1H3,(H,35,39). The van der Waals surface area contributed by atoms with Gasteiger partial charge in [0.15, 0.2) is 0 Å². The van der Waals surface area contributed by atoms with E-state index in [0.29, 0.717) is 35.2 Å². The molecule has 1 saturated heterocycles. The number of nitrogens with zero attached hydrogens (tertiary/aromatic N) is 4. The highest BCUT2D eigenvalue weighted by molar-refractivity contribution is 6.05. The molecule has 2 aromatic carbocycles. The lowest BCUT2D eigenvalue weighted by molar-refractivity contribution is -0.131. The van der Waals surface area contributed by atoms with Crippen molar-refractivity contribution in [2.24, 2.45) is 5.92 Å². The van der Waals surface area contributed by atoms with Gasteiger partial charge in [-0.15, -0.1) is 0 Å². The fourth-order valence-corrected chi connectivity index (χ4v) is 5.17. The van der Waals surface area contributed by atoms with Crippen molar-refractivity contribution in [3.8, 4) is 0 Å². The Bertz CT molecular complexity index is 1420. The van der Waals surface area contributed by atoms with Crippen LogP contribution < -0.4 is 16.0 Å². The van der Waals surface area contributed by atoms with Crippen molar-refractivity contribution >= 4 is 40.0 Å². The van der Waals surface area contributed by atoms with E-state index >= 15 is 0 Å². The summed E-state index contributed by atoms with van der Waals surface area (Å²) in [7, 11) is 0. The summed E-state index contributed by atoms with van der Waals surface area (Å²) in [5.74, 6) is 0.948. The van der Waals surface area contributed by atoms with Crippen LogP contribution in [0.1, 0.15) is 42.1 Å². The third-order valence-corrected chi connectivity index (χ3v) is 7.47. The number of carbonyl (C=O) groups excluding carboxylic acids is 2. The van der Waals surface area contributed by atoms with Crippen molar-refractivity contribution in [1.29, 1.82) is 0 Å². The highest BCUT2D eigenvalue weighted by atomic mass is 16.2. The van der Waals surface area contributed by atoms with Crippen LogP contribution in [-0.4, -0.2) is 57.8 Å². The number of aromatic nitrogens is 3. The number of nitrogen functional groups attached to an aromatic ring is 1. The van der Waals surface area contributed by atoms with Gasteiger partial charge in [-0.25, -0.2) is 9.97 Å². The zero-order valence-electron chi connectivity index (χ0n) is 22.3. The van der Waals surface area contributed by atoms with Crippen LogP contribution in [0.5, 0.6) is 0 Å². The molecule has 2 amide bonds. The summed E-state index contributed by atoms with van der Waals surface area (Å²) in [6, 6.07) is 15.4. The van der Waals surface area contributed by atoms with E-state index in [1.165, 1.54) is 10.9 Å². The van der Waals surface area contributed by atoms with Crippen molar-refractivity contribution in [3.05, 3.63) is 78.2 Å². The van der Waals surface area contributed by atoms with Crippen LogP contribution in [0.4, 0.5) is 17.3 Å². The Morgan fingerprint density at radius 3 is 2.54 bits per heavy atom. The van der Waals surface area contributed by atoms with Crippen molar-refractivity contribution < 1.29 is 9.59 Å². The van der Waals surface area contributed by atoms with Gasteiger partial charge in [0.25, 0.3) is 5.91 Å².